The lowest BCUT2D eigenvalue weighted by molar-refractivity contribution is -0.183. The van der Waals surface area contributed by atoms with Crippen LogP contribution in [0.1, 0.15) is 138 Å². The Kier molecular flexibility index (Phi) is 10.9. The van der Waals surface area contributed by atoms with Crippen molar-refractivity contribution in [2.45, 2.75) is 162 Å². The highest BCUT2D eigenvalue weighted by Crippen LogP contribution is 2.71. The summed E-state index contributed by atoms with van der Waals surface area (Å²) in [5.74, 6) is 5.72. The van der Waals surface area contributed by atoms with Crippen molar-refractivity contribution in [3.05, 3.63) is 42.0 Å². The van der Waals surface area contributed by atoms with Crippen LogP contribution in [0, 0.1) is 52.3 Å². The van der Waals surface area contributed by atoms with Crippen LogP contribution in [0.5, 0.6) is 5.75 Å². The fourth-order valence-corrected chi connectivity index (χ4v) is 11.5. The average molecular weight is 759 g/mol. The van der Waals surface area contributed by atoms with Gasteiger partial charge in [-0.1, -0.05) is 65.0 Å². The first-order valence-electron chi connectivity index (χ1n) is 21.6. The van der Waals surface area contributed by atoms with Gasteiger partial charge in [0.05, 0.1) is 22.9 Å². The second-order valence-corrected chi connectivity index (χ2v) is 19.4. The number of phenolic OH excluding ortho intramolecular Hbond substituents is 1. The first-order valence-corrected chi connectivity index (χ1v) is 21.6. The van der Waals surface area contributed by atoms with Crippen LogP contribution in [0.25, 0.3) is 10.8 Å². The third-order valence-corrected chi connectivity index (χ3v) is 15.8. The van der Waals surface area contributed by atoms with Crippen molar-refractivity contribution in [2.24, 2.45) is 52.3 Å². The summed E-state index contributed by atoms with van der Waals surface area (Å²) >= 11 is 0. The molecule has 3 saturated heterocycles. The maximum absolute atomic E-state index is 12.7. The van der Waals surface area contributed by atoms with Crippen molar-refractivity contribution < 1.29 is 38.4 Å². The molecule has 302 valence electrons. The molecule has 1 N–H and O–H groups in total. The minimum atomic E-state index is -0.510. The van der Waals surface area contributed by atoms with Crippen molar-refractivity contribution in [3.63, 3.8) is 0 Å². The van der Waals surface area contributed by atoms with E-state index in [0.29, 0.717) is 30.4 Å². The minimum absolute atomic E-state index is 0.0455. The van der Waals surface area contributed by atoms with E-state index in [0.717, 1.165) is 60.7 Å². The topological polar surface area (TPSA) is 108 Å². The third-order valence-electron chi connectivity index (χ3n) is 15.8. The molecule has 8 heteroatoms. The van der Waals surface area contributed by atoms with Gasteiger partial charge in [-0.05, 0) is 144 Å². The van der Waals surface area contributed by atoms with Crippen LogP contribution in [0.2, 0.25) is 0 Å². The Bertz CT molecular complexity index is 1760. The number of carbonyl (C=O) groups excluding carboxylic acids is 3. The predicted octanol–water partition coefficient (Wildman–Crippen LogP) is 9.92. The predicted molar refractivity (Wildman–Crippen MR) is 212 cm³/mol. The molecule has 0 spiro atoms. The van der Waals surface area contributed by atoms with Crippen molar-refractivity contribution >= 4 is 28.7 Å². The van der Waals surface area contributed by atoms with E-state index in [1.165, 1.54) is 36.6 Å². The minimum Gasteiger partial charge on any atom is -0.507 e. The molecule has 7 aliphatic rings. The number of hydrogen-bond acceptors (Lipinski definition) is 8. The number of phenols is 1. The molecule has 55 heavy (non-hydrogen) atoms. The van der Waals surface area contributed by atoms with Gasteiger partial charge in [0.2, 0.25) is 0 Å². The molecule has 8 nitrogen and oxygen atoms in total. The van der Waals surface area contributed by atoms with E-state index in [1.54, 1.807) is 6.07 Å². The summed E-state index contributed by atoms with van der Waals surface area (Å²) in [5.41, 5.74) is 0.354. The molecule has 2 aromatic carbocycles. The summed E-state index contributed by atoms with van der Waals surface area (Å²) in [6.07, 6.45) is 10.0. The molecule has 13 atom stereocenters. The Labute approximate surface area is 328 Å². The molecule has 0 aromatic heterocycles. The quantitative estimate of drug-likeness (QED) is 0.153. The highest BCUT2D eigenvalue weighted by Gasteiger charge is 2.68. The molecule has 4 aliphatic carbocycles. The maximum atomic E-state index is 12.7. The normalized spacial score (nSPS) is 36.5. The SMILES string of the molecule is CCC(C)(C)C(=O)OC1(CC)CC2CC1C1C3CCC(C3)C21.CCC(C)(C)C(=O)OC1C2CC3C(=O)OC1C3O2.CCC(C)c1cccc2c(O)cccc12. The molecule has 0 radical (unpaired) electrons. The van der Waals surface area contributed by atoms with E-state index < -0.39 is 17.6 Å². The van der Waals surface area contributed by atoms with E-state index in [9.17, 15) is 19.5 Å². The molecule has 3 heterocycles. The van der Waals surface area contributed by atoms with Gasteiger partial charge in [-0.2, -0.15) is 0 Å². The van der Waals surface area contributed by atoms with E-state index in [4.69, 9.17) is 18.9 Å². The van der Waals surface area contributed by atoms with Gasteiger partial charge in [0.1, 0.15) is 17.5 Å². The first kappa shape index (κ1) is 40.1. The van der Waals surface area contributed by atoms with Crippen molar-refractivity contribution in [1.29, 1.82) is 0 Å². The Morgan fingerprint density at radius 3 is 2.18 bits per heavy atom. The van der Waals surface area contributed by atoms with Gasteiger partial charge in [-0.15, -0.1) is 0 Å². The van der Waals surface area contributed by atoms with Crippen LogP contribution < -0.4 is 0 Å². The van der Waals surface area contributed by atoms with Crippen LogP contribution in [-0.4, -0.2) is 53.0 Å². The second kappa shape index (κ2) is 15.0. The fraction of sp³-hybridized carbons (Fsp3) is 0.723. The highest BCUT2D eigenvalue weighted by molar-refractivity contribution is 5.91. The molecule has 9 rings (SSSR count). The van der Waals surface area contributed by atoms with Crippen molar-refractivity contribution in [3.8, 4) is 5.75 Å². The van der Waals surface area contributed by atoms with Crippen molar-refractivity contribution in [2.75, 3.05) is 0 Å². The molecule has 13 unspecified atom stereocenters. The molecule has 0 amide bonds. The Morgan fingerprint density at radius 1 is 0.855 bits per heavy atom. The Morgan fingerprint density at radius 2 is 1.51 bits per heavy atom. The van der Waals surface area contributed by atoms with E-state index in [1.807, 2.05) is 52.8 Å². The van der Waals surface area contributed by atoms with Crippen LogP contribution in [0.4, 0.5) is 0 Å². The average Bonchev–Trinajstić information content (AvgIpc) is 4.05. The number of benzene rings is 2. The van der Waals surface area contributed by atoms with Gasteiger partial charge in [-0.3, -0.25) is 14.4 Å². The smallest absolute Gasteiger partial charge is 0.312 e. The largest absolute Gasteiger partial charge is 0.507 e. The number of carbonyl (C=O) groups is 3. The number of hydrogen-bond donors (Lipinski definition) is 1. The highest BCUT2D eigenvalue weighted by atomic mass is 16.7. The number of esters is 3. The zero-order valence-corrected chi connectivity index (χ0v) is 34.8. The van der Waals surface area contributed by atoms with Gasteiger partial charge >= 0.3 is 17.9 Å². The lowest BCUT2D eigenvalue weighted by Crippen LogP contribution is -2.49. The lowest BCUT2D eigenvalue weighted by atomic mass is 9.65. The van der Waals surface area contributed by atoms with Gasteiger partial charge in [0, 0.05) is 11.3 Å². The molecule has 6 bridgehead atoms. The van der Waals surface area contributed by atoms with E-state index in [2.05, 4.69) is 39.8 Å². The number of ether oxygens (including phenoxy) is 4. The number of aromatic hydroxyl groups is 1. The Hall–Kier alpha value is -3.13. The zero-order valence-electron chi connectivity index (χ0n) is 34.8. The molecular formula is C47H66O8. The summed E-state index contributed by atoms with van der Waals surface area (Å²) < 4.78 is 22.8. The molecule has 7 fully saturated rings. The lowest BCUT2D eigenvalue weighted by Gasteiger charge is -2.46. The monoisotopic (exact) mass is 758 g/mol. The summed E-state index contributed by atoms with van der Waals surface area (Å²) in [5, 5.41) is 11.9. The van der Waals surface area contributed by atoms with Crippen LogP contribution in [0.15, 0.2) is 36.4 Å². The van der Waals surface area contributed by atoms with Gasteiger partial charge in [0.25, 0.3) is 0 Å². The summed E-state index contributed by atoms with van der Waals surface area (Å²) in [6.45, 7) is 18.5. The van der Waals surface area contributed by atoms with Crippen molar-refractivity contribution in [1.82, 2.24) is 0 Å². The first-order chi connectivity index (χ1) is 26.1. The number of fused-ring (bicyclic) bond motifs is 11. The molecular weight excluding hydrogens is 693 g/mol. The van der Waals surface area contributed by atoms with Crippen LogP contribution >= 0.6 is 0 Å². The van der Waals surface area contributed by atoms with Gasteiger partial charge in [-0.25, -0.2) is 0 Å². The summed E-state index contributed by atoms with van der Waals surface area (Å²) in [6, 6.07) is 11.9. The summed E-state index contributed by atoms with van der Waals surface area (Å²) in [4.78, 5) is 36.3. The maximum Gasteiger partial charge on any atom is 0.312 e. The zero-order chi connectivity index (χ0) is 39.6. The molecule has 2 aromatic rings. The fourth-order valence-electron chi connectivity index (χ4n) is 11.5. The van der Waals surface area contributed by atoms with Crippen LogP contribution in [-0.2, 0) is 33.3 Å². The van der Waals surface area contributed by atoms with E-state index in [-0.39, 0.29) is 47.0 Å². The van der Waals surface area contributed by atoms with Gasteiger partial charge in [0.15, 0.2) is 12.2 Å². The van der Waals surface area contributed by atoms with E-state index >= 15 is 0 Å². The summed E-state index contributed by atoms with van der Waals surface area (Å²) in [7, 11) is 0. The third kappa shape index (κ3) is 6.88. The second-order valence-electron chi connectivity index (χ2n) is 19.4. The standard InChI is InChI=1S/C20H32O2.C14H16O.C13H18O5/c1-5-19(3,4)18(21)22-20(6-2)11-14-10-15(20)17-13-8-7-12(9-13)16(14)17;1-3-10(2)11-6-4-8-13-12(11)7-5-9-14(13)15;1-4-13(2,3)12(15)18-9-7-5-6-8(16-7)10(9)17-11(6)14/h12-17H,5-11H2,1-4H3;4-10,15H,3H2,1-2H3;6-10H,4-5H2,1-3H3. The molecule has 4 saturated carbocycles. The number of rotatable bonds is 9. The van der Waals surface area contributed by atoms with Gasteiger partial charge < -0.3 is 24.1 Å². The van der Waals surface area contributed by atoms with Crippen LogP contribution in [0.3, 0.4) is 0 Å². The Balaban J connectivity index is 0.000000129. The molecule has 3 aliphatic heterocycles.